The molecule has 0 amide bonds. The van der Waals surface area contributed by atoms with Crippen LogP contribution in [0.5, 0.6) is 11.5 Å². The second-order valence-corrected chi connectivity index (χ2v) is 11.3. The van der Waals surface area contributed by atoms with Crippen molar-refractivity contribution in [3.63, 3.8) is 0 Å². The maximum atomic E-state index is 14.5. The number of rotatable bonds is 10. The van der Waals surface area contributed by atoms with Crippen molar-refractivity contribution in [2.45, 2.75) is 32.4 Å². The summed E-state index contributed by atoms with van der Waals surface area (Å²) in [5.74, 6) is -3.26. The monoisotopic (exact) mass is 654 g/mol. The minimum absolute atomic E-state index is 0.0232. The summed E-state index contributed by atoms with van der Waals surface area (Å²) in [6.07, 6.45) is 6.42. The number of benzene rings is 2. The Morgan fingerprint density at radius 3 is 2.21 bits per heavy atom. The van der Waals surface area contributed by atoms with E-state index in [2.05, 4.69) is 49.2 Å². The van der Waals surface area contributed by atoms with Crippen LogP contribution in [0.15, 0.2) is 54.9 Å². The third-order valence-electron chi connectivity index (χ3n) is 8.03. The van der Waals surface area contributed by atoms with Crippen LogP contribution < -0.4 is 19.7 Å². The zero-order valence-electron chi connectivity index (χ0n) is 26.7. The number of aliphatic carboxylic acids is 2. The smallest absolute Gasteiger partial charge is 0.328 e. The van der Waals surface area contributed by atoms with Gasteiger partial charge in [-0.1, -0.05) is 6.07 Å². The van der Waals surface area contributed by atoms with Crippen LogP contribution in [0.1, 0.15) is 24.0 Å². The number of anilines is 3. The van der Waals surface area contributed by atoms with Crippen LogP contribution in [0, 0.1) is 18.6 Å². The van der Waals surface area contributed by atoms with Crippen molar-refractivity contribution in [2.24, 2.45) is 0 Å². The molecule has 3 aromatic rings. The molecule has 0 atom stereocenters. The number of halogens is 2. The van der Waals surface area contributed by atoms with Crippen molar-refractivity contribution in [1.82, 2.24) is 19.8 Å². The molecule has 47 heavy (non-hydrogen) atoms. The maximum Gasteiger partial charge on any atom is 0.328 e. The van der Waals surface area contributed by atoms with Gasteiger partial charge in [-0.05, 0) is 56.6 Å². The van der Waals surface area contributed by atoms with Gasteiger partial charge in [-0.2, -0.15) is 0 Å². The van der Waals surface area contributed by atoms with Gasteiger partial charge in [0, 0.05) is 68.8 Å². The van der Waals surface area contributed by atoms with Gasteiger partial charge in [0.1, 0.15) is 12.4 Å². The van der Waals surface area contributed by atoms with E-state index in [0.29, 0.717) is 29.9 Å². The van der Waals surface area contributed by atoms with E-state index < -0.39 is 23.6 Å². The number of carbonyl (C=O) groups is 2. The highest BCUT2D eigenvalue weighted by Crippen LogP contribution is 2.28. The summed E-state index contributed by atoms with van der Waals surface area (Å²) in [7, 11) is 3.54. The second-order valence-electron chi connectivity index (χ2n) is 11.3. The molecule has 2 aromatic carbocycles. The van der Waals surface area contributed by atoms with Crippen molar-refractivity contribution >= 4 is 29.3 Å². The number of methoxy groups -OCH3 is 1. The molecule has 0 unspecified atom stereocenters. The minimum Gasteiger partial charge on any atom is -0.494 e. The van der Waals surface area contributed by atoms with Gasteiger partial charge in [-0.25, -0.2) is 28.3 Å². The Balaban J connectivity index is 0.000000555. The Bertz CT molecular complexity index is 1530. The first-order valence-corrected chi connectivity index (χ1v) is 15.2. The molecule has 2 fully saturated rings. The maximum absolute atomic E-state index is 14.5. The molecule has 0 radical (unpaired) electrons. The largest absolute Gasteiger partial charge is 0.494 e. The number of hydrogen-bond acceptors (Lipinski definition) is 10. The molecule has 5 rings (SSSR count). The third-order valence-corrected chi connectivity index (χ3v) is 8.03. The summed E-state index contributed by atoms with van der Waals surface area (Å²) in [5.41, 5.74) is 2.15. The first-order valence-electron chi connectivity index (χ1n) is 15.2. The van der Waals surface area contributed by atoms with Crippen LogP contribution in [0.4, 0.5) is 26.1 Å². The molecular formula is C33H40F2N6O6. The van der Waals surface area contributed by atoms with Crippen LogP contribution in [-0.4, -0.2) is 101 Å². The average Bonchev–Trinajstić information content (AvgIpc) is 3.07. The molecule has 0 spiro atoms. The van der Waals surface area contributed by atoms with Crippen LogP contribution in [0.2, 0.25) is 0 Å². The van der Waals surface area contributed by atoms with Crippen molar-refractivity contribution in [3.8, 4) is 11.5 Å². The number of ether oxygens (including phenoxy) is 2. The predicted octanol–water partition coefficient (Wildman–Crippen LogP) is 4.32. The van der Waals surface area contributed by atoms with Gasteiger partial charge < -0.3 is 34.8 Å². The van der Waals surface area contributed by atoms with Gasteiger partial charge >= 0.3 is 11.9 Å². The van der Waals surface area contributed by atoms with Gasteiger partial charge in [-0.3, -0.25) is 4.90 Å². The van der Waals surface area contributed by atoms with E-state index in [1.165, 1.54) is 57.2 Å². The third kappa shape index (κ3) is 10.1. The molecule has 12 nitrogen and oxygen atoms in total. The van der Waals surface area contributed by atoms with Crippen LogP contribution in [0.3, 0.4) is 0 Å². The van der Waals surface area contributed by atoms with E-state index in [1.54, 1.807) is 6.92 Å². The lowest BCUT2D eigenvalue weighted by atomic mass is 10.0. The Hall–Kier alpha value is -4.82. The highest BCUT2D eigenvalue weighted by atomic mass is 19.1. The van der Waals surface area contributed by atoms with Gasteiger partial charge in [-0.15, -0.1) is 0 Å². The Morgan fingerprint density at radius 2 is 1.62 bits per heavy atom. The molecule has 3 N–H and O–H groups in total. The number of likely N-dealkylation sites (N-methyl/N-ethyl adjacent to an activating group) is 1. The molecule has 2 aliphatic rings. The van der Waals surface area contributed by atoms with E-state index in [1.807, 2.05) is 12.1 Å². The van der Waals surface area contributed by atoms with E-state index >= 15 is 0 Å². The summed E-state index contributed by atoms with van der Waals surface area (Å²) in [4.78, 5) is 35.2. The molecule has 14 heteroatoms. The summed E-state index contributed by atoms with van der Waals surface area (Å²) < 4.78 is 39.5. The van der Waals surface area contributed by atoms with E-state index in [9.17, 15) is 18.4 Å². The van der Waals surface area contributed by atoms with Gasteiger partial charge in [0.15, 0.2) is 17.3 Å². The second kappa shape index (κ2) is 16.7. The lowest BCUT2D eigenvalue weighted by Gasteiger charge is -2.42. The first kappa shape index (κ1) is 35.0. The fraction of sp³-hybridized carbons (Fsp3) is 0.394. The highest BCUT2D eigenvalue weighted by molar-refractivity contribution is 5.89. The normalized spacial score (nSPS) is 16.0. The van der Waals surface area contributed by atoms with Crippen molar-refractivity contribution in [2.75, 3.05) is 63.6 Å². The summed E-state index contributed by atoms with van der Waals surface area (Å²) >= 11 is 0. The zero-order valence-corrected chi connectivity index (χ0v) is 26.7. The summed E-state index contributed by atoms with van der Waals surface area (Å²) in [6.45, 7) is 7.96. The molecule has 0 aliphatic carbocycles. The standard InChI is InChI=1S/C29H36F2N6O2.C4H4O4/c1-20-15-26(38-3)28(31)25(27(20)30)19-39-24-17-32-29(33-18-24)34-21-5-4-6-23(16-21)36-9-7-22(8-10-36)37-13-11-35(2)12-14-37;5-3(6)1-2-4(7)8/h4-6,15-18,22H,7-14,19H2,1-3H3,(H,32,33,34);1-2H,(H,5,6)(H,7,8)/b;2-1+. The van der Waals surface area contributed by atoms with Crippen molar-refractivity contribution in [3.05, 3.63) is 77.6 Å². The highest BCUT2D eigenvalue weighted by Gasteiger charge is 2.27. The number of carboxylic acids is 2. The SMILES string of the molecule is COc1cc(C)c(F)c(COc2cnc(Nc3cccc(N4CCC(N5CCN(C)CC5)CC4)c3)nc2)c1F.O=C(O)/C=C/C(=O)O. The molecule has 2 aliphatic heterocycles. The van der Waals surface area contributed by atoms with Crippen LogP contribution in [-0.2, 0) is 16.2 Å². The molecule has 3 heterocycles. The molecule has 1 aromatic heterocycles. The Kier molecular flexibility index (Phi) is 12.4. The topological polar surface area (TPSA) is 141 Å². The molecule has 252 valence electrons. The Labute approximate surface area is 272 Å². The number of aryl methyl sites for hydroxylation is 1. The number of piperazine rings is 1. The van der Waals surface area contributed by atoms with Gasteiger partial charge in [0.2, 0.25) is 5.95 Å². The number of hydrogen-bond donors (Lipinski definition) is 3. The zero-order chi connectivity index (χ0) is 33.9. The number of nitrogens with one attached hydrogen (secondary N) is 1. The van der Waals surface area contributed by atoms with Crippen LogP contribution in [0.25, 0.3) is 0 Å². The summed E-state index contributed by atoms with van der Waals surface area (Å²) in [5, 5.41) is 18.9. The summed E-state index contributed by atoms with van der Waals surface area (Å²) in [6, 6.07) is 10.2. The average molecular weight is 655 g/mol. The number of carboxylic acid groups (broad SMARTS) is 2. The first-order chi connectivity index (χ1) is 22.5. The number of aromatic nitrogens is 2. The van der Waals surface area contributed by atoms with Crippen molar-refractivity contribution in [1.29, 1.82) is 0 Å². The predicted molar refractivity (Wildman–Crippen MR) is 172 cm³/mol. The lowest BCUT2D eigenvalue weighted by Crippen LogP contribution is -2.52. The Morgan fingerprint density at radius 1 is 0.979 bits per heavy atom. The van der Waals surface area contributed by atoms with Crippen molar-refractivity contribution < 1.29 is 38.1 Å². The number of nitrogens with zero attached hydrogens (tertiary/aromatic N) is 5. The fourth-order valence-corrected chi connectivity index (χ4v) is 5.42. The van der Waals surface area contributed by atoms with E-state index in [-0.39, 0.29) is 23.5 Å². The molecule has 0 saturated carbocycles. The van der Waals surface area contributed by atoms with E-state index in [0.717, 1.165) is 31.9 Å². The van der Waals surface area contributed by atoms with E-state index in [4.69, 9.17) is 19.7 Å². The quantitative estimate of drug-likeness (QED) is 0.268. The minimum atomic E-state index is -1.26. The molecule has 2 saturated heterocycles. The number of piperidine rings is 1. The van der Waals surface area contributed by atoms with Gasteiger partial charge in [0.05, 0.1) is 25.1 Å². The molecular weight excluding hydrogens is 614 g/mol. The molecule has 0 bridgehead atoms. The van der Waals surface area contributed by atoms with Crippen LogP contribution >= 0.6 is 0 Å². The van der Waals surface area contributed by atoms with Gasteiger partial charge in [0.25, 0.3) is 0 Å². The fourth-order valence-electron chi connectivity index (χ4n) is 5.42. The lowest BCUT2D eigenvalue weighted by molar-refractivity contribution is -0.134.